The van der Waals surface area contributed by atoms with E-state index < -0.39 is 0 Å². The molecule has 23 aromatic rings. The topological polar surface area (TPSA) is 98.4 Å². The Labute approximate surface area is 646 Å². The monoisotopic (exact) mass is 1440 g/mol. The van der Waals surface area contributed by atoms with Crippen LogP contribution in [0.4, 0.5) is 0 Å². The summed E-state index contributed by atoms with van der Waals surface area (Å²) in [5, 5.41) is 27.1. The third-order valence-electron chi connectivity index (χ3n) is 22.2. The highest BCUT2D eigenvalue weighted by atomic mass is 32.1. The molecular weight excluding hydrogens is 1380 g/mol. The maximum absolute atomic E-state index is 10.8. The molecule has 0 spiro atoms. The molecule has 17 aromatic carbocycles. The van der Waals surface area contributed by atoms with Crippen molar-refractivity contribution in [2.24, 2.45) is 0 Å². The predicted octanol–water partition coefficient (Wildman–Crippen LogP) is 27.6. The zero-order valence-corrected chi connectivity index (χ0v) is 61.0. The number of hydrogen-bond donors (Lipinski definition) is 0. The highest BCUT2D eigenvalue weighted by molar-refractivity contribution is 7.26. The van der Waals surface area contributed by atoms with Crippen LogP contribution in [0.3, 0.4) is 0 Å². The Morgan fingerprint density at radius 2 is 0.750 bits per heavy atom. The average Bonchev–Trinajstić information content (AvgIpc) is 1.60. The Morgan fingerprint density at radius 3 is 1.38 bits per heavy atom. The molecule has 0 aliphatic carbocycles. The summed E-state index contributed by atoms with van der Waals surface area (Å²) >= 11 is 1.77. The van der Waals surface area contributed by atoms with Gasteiger partial charge in [0.15, 0.2) is 17.2 Å². The molecule has 8 nitrogen and oxygen atoms in total. The fourth-order valence-electron chi connectivity index (χ4n) is 16.9. The summed E-state index contributed by atoms with van der Waals surface area (Å²) < 4.78 is 13.7. The lowest BCUT2D eigenvalue weighted by molar-refractivity contribution is 0.667. The smallest absolute Gasteiger partial charge is 0.180 e. The van der Waals surface area contributed by atoms with Gasteiger partial charge in [-0.05, 0) is 168 Å². The molecule has 112 heavy (non-hydrogen) atoms. The molecule has 9 heteroatoms. The van der Waals surface area contributed by atoms with Crippen LogP contribution in [-0.4, -0.2) is 29.1 Å². The first-order valence-electron chi connectivity index (χ1n) is 37.6. The molecule has 0 unspecified atom stereocenters. The van der Waals surface area contributed by atoms with Crippen molar-refractivity contribution in [1.29, 1.82) is 5.26 Å². The quantitative estimate of drug-likeness (QED) is 0.143. The number of thiophene rings is 1. The second-order valence-corrected chi connectivity index (χ2v) is 29.7. The standard InChI is InChI=1S/C52H31N3S.C51H30N4O/c1-2-13-33(14-3-1)49-51-50(44-30-38(24-27-48(44)56-51)37-23-22-32-12-4-5-15-34(32)28-37)54-52(53-49)42-25-26-46(40-19-9-8-18-39(40)42)55-45-21-11-10-20-41(45)43-29-35-16-6-7-17-36(35)31-47(43)55;52-31-38-26-37(24-25-44(38)55-45-23-13-12-22-39(45)42-27-35-20-10-11-21-36(35)28-46(42)55)51-53-48(34-18-8-3-9-19-34)50-49(54-51)43-29-40(32-14-4-1-5-15-32)41(30-47(43)56-50)33-16-6-2-7-17-33/h1-31H;1-30H. The third kappa shape index (κ3) is 10.6. The number of furan rings is 1. The molecule has 520 valence electrons. The zero-order chi connectivity index (χ0) is 73.9. The lowest BCUT2D eigenvalue weighted by atomic mass is 9.93. The Kier molecular flexibility index (Phi) is 15.0. The zero-order valence-electron chi connectivity index (χ0n) is 60.2. The van der Waals surface area contributed by atoms with Gasteiger partial charge in [-0.15, -0.1) is 11.3 Å². The van der Waals surface area contributed by atoms with Gasteiger partial charge in [-0.1, -0.05) is 273 Å². The van der Waals surface area contributed by atoms with Gasteiger partial charge >= 0.3 is 0 Å². The first-order valence-corrected chi connectivity index (χ1v) is 38.4. The van der Waals surface area contributed by atoms with E-state index in [-0.39, 0.29) is 0 Å². The number of para-hydroxylation sites is 2. The van der Waals surface area contributed by atoms with Gasteiger partial charge in [-0.25, -0.2) is 19.9 Å². The van der Waals surface area contributed by atoms with E-state index in [1.807, 2.05) is 66.7 Å². The van der Waals surface area contributed by atoms with Crippen LogP contribution in [0.5, 0.6) is 0 Å². The molecule has 0 atom stereocenters. The molecule has 0 bridgehead atoms. The molecule has 0 saturated heterocycles. The molecular formula is C103H61N7OS. The number of benzene rings is 17. The third-order valence-corrected chi connectivity index (χ3v) is 23.4. The Morgan fingerprint density at radius 1 is 0.277 bits per heavy atom. The van der Waals surface area contributed by atoms with Crippen molar-refractivity contribution in [2.45, 2.75) is 0 Å². The molecule has 6 heterocycles. The van der Waals surface area contributed by atoms with Crippen molar-refractivity contribution >= 4 is 140 Å². The normalized spacial score (nSPS) is 11.7. The second-order valence-electron chi connectivity index (χ2n) is 28.6. The van der Waals surface area contributed by atoms with E-state index in [1.54, 1.807) is 11.3 Å². The minimum atomic E-state index is 0.517. The van der Waals surface area contributed by atoms with Crippen LogP contribution >= 0.6 is 11.3 Å². The van der Waals surface area contributed by atoms with E-state index in [0.29, 0.717) is 22.7 Å². The summed E-state index contributed by atoms with van der Waals surface area (Å²) in [5.41, 5.74) is 22.1. The fourth-order valence-corrected chi connectivity index (χ4v) is 18.0. The van der Waals surface area contributed by atoms with Gasteiger partial charge in [0, 0.05) is 64.7 Å². The van der Waals surface area contributed by atoms with E-state index >= 15 is 0 Å². The largest absolute Gasteiger partial charge is 0.452 e. The Balaban J connectivity index is 0.000000137. The molecule has 0 radical (unpaired) electrons. The van der Waals surface area contributed by atoms with Crippen LogP contribution in [-0.2, 0) is 0 Å². The Bertz CT molecular complexity index is 7830. The number of fused-ring (bicyclic) bond motifs is 16. The predicted molar refractivity (Wildman–Crippen MR) is 466 cm³/mol. The molecule has 0 fully saturated rings. The van der Waals surface area contributed by atoms with Crippen LogP contribution in [0.2, 0.25) is 0 Å². The average molecular weight is 1440 g/mol. The van der Waals surface area contributed by atoms with Crippen LogP contribution in [0.15, 0.2) is 374 Å². The summed E-state index contributed by atoms with van der Waals surface area (Å²) in [6.45, 7) is 0. The molecule has 0 aliphatic heterocycles. The van der Waals surface area contributed by atoms with Crippen molar-refractivity contribution in [2.75, 3.05) is 0 Å². The SMILES string of the molecule is N#Cc1cc(-c2nc(-c3ccccc3)c3oc4cc(-c5ccccc5)c(-c5ccccc5)cc4c3n2)ccc1-n1c2ccccc2c2cc3ccccc3cc21.c1ccc(-c2nc(-c3ccc(-n4c5ccccc5c5cc6ccccc6cc54)c4ccccc34)nc3c2sc2ccc(-c4ccc5ccccc5c4)cc23)cc1. The summed E-state index contributed by atoms with van der Waals surface area (Å²) in [7, 11) is 0. The van der Waals surface area contributed by atoms with Crippen molar-refractivity contribution in [1.82, 2.24) is 29.1 Å². The van der Waals surface area contributed by atoms with Gasteiger partial charge < -0.3 is 13.6 Å². The minimum Gasteiger partial charge on any atom is -0.452 e. The fraction of sp³-hybridized carbons (Fsp3) is 0. The summed E-state index contributed by atoms with van der Waals surface area (Å²) in [6.07, 6.45) is 0. The number of nitriles is 1. The lowest BCUT2D eigenvalue weighted by Crippen LogP contribution is -1.99. The Hall–Kier alpha value is -15.0. The number of hydrogen-bond acceptors (Lipinski definition) is 7. The van der Waals surface area contributed by atoms with Crippen LogP contribution in [0.1, 0.15) is 5.56 Å². The van der Waals surface area contributed by atoms with Gasteiger partial charge in [0.25, 0.3) is 0 Å². The molecule has 0 N–H and O–H groups in total. The molecule has 0 saturated carbocycles. The van der Waals surface area contributed by atoms with Gasteiger partial charge in [-0.2, -0.15) is 5.26 Å². The molecule has 23 rings (SSSR count). The van der Waals surface area contributed by atoms with E-state index in [2.05, 4.69) is 319 Å². The van der Waals surface area contributed by atoms with Gasteiger partial charge in [-0.3, -0.25) is 0 Å². The molecule has 6 aromatic heterocycles. The highest BCUT2D eigenvalue weighted by Gasteiger charge is 2.26. The van der Waals surface area contributed by atoms with Crippen molar-refractivity contribution < 1.29 is 4.42 Å². The van der Waals surface area contributed by atoms with Crippen molar-refractivity contribution in [3.05, 3.63) is 376 Å². The van der Waals surface area contributed by atoms with Crippen molar-refractivity contribution in [3.8, 4) is 96.1 Å². The maximum atomic E-state index is 10.8. The van der Waals surface area contributed by atoms with E-state index in [9.17, 15) is 5.26 Å². The van der Waals surface area contributed by atoms with Crippen LogP contribution in [0.25, 0.3) is 219 Å². The number of nitrogens with zero attached hydrogens (tertiary/aromatic N) is 7. The first kappa shape index (κ1) is 64.2. The van der Waals surface area contributed by atoms with E-state index in [1.165, 1.54) is 64.6 Å². The van der Waals surface area contributed by atoms with Crippen LogP contribution in [0, 0.1) is 11.3 Å². The number of rotatable bonds is 9. The maximum Gasteiger partial charge on any atom is 0.180 e. The van der Waals surface area contributed by atoms with Crippen LogP contribution < -0.4 is 0 Å². The van der Waals surface area contributed by atoms with E-state index in [4.69, 9.17) is 24.4 Å². The highest BCUT2D eigenvalue weighted by Crippen LogP contribution is 2.47. The summed E-state index contributed by atoms with van der Waals surface area (Å²) in [5.74, 6) is 1.24. The molecule has 0 aliphatic rings. The van der Waals surface area contributed by atoms with Gasteiger partial charge in [0.2, 0.25) is 0 Å². The summed E-state index contributed by atoms with van der Waals surface area (Å²) in [4.78, 5) is 21.3. The second kappa shape index (κ2) is 26.2. The van der Waals surface area contributed by atoms with Crippen molar-refractivity contribution in [3.63, 3.8) is 0 Å². The first-order chi connectivity index (χ1) is 55.5. The van der Waals surface area contributed by atoms with Gasteiger partial charge in [0.05, 0.1) is 54.9 Å². The van der Waals surface area contributed by atoms with Gasteiger partial charge in [0.1, 0.15) is 22.9 Å². The minimum absolute atomic E-state index is 0.517. The molecule has 0 amide bonds. The summed E-state index contributed by atoms with van der Waals surface area (Å²) in [6, 6.07) is 133. The van der Waals surface area contributed by atoms with E-state index in [0.717, 1.165) is 137 Å². The lowest BCUT2D eigenvalue weighted by Gasteiger charge is -2.15. The number of aromatic nitrogens is 6.